The molecule has 0 spiro atoms. The molecule has 0 atom stereocenters. The van der Waals surface area contributed by atoms with E-state index in [1.165, 1.54) is 16.9 Å². The normalized spacial score (nSPS) is 11.0. The van der Waals surface area contributed by atoms with Crippen LogP contribution in [0.4, 0.5) is 5.82 Å². The first kappa shape index (κ1) is 15.6. The van der Waals surface area contributed by atoms with Crippen molar-refractivity contribution in [1.82, 2.24) is 9.38 Å². The molecule has 0 aliphatic heterocycles. The Hall–Kier alpha value is -2.92. The Morgan fingerprint density at radius 3 is 2.60 bits per heavy atom. The molecule has 3 aromatic heterocycles. The molecule has 0 radical (unpaired) electrons. The lowest BCUT2D eigenvalue weighted by atomic mass is 10.1. The number of aryl methyl sites for hydroxylation is 2. The quantitative estimate of drug-likeness (QED) is 0.571. The third-order valence-corrected chi connectivity index (χ3v) is 4.95. The Labute approximate surface area is 149 Å². The van der Waals surface area contributed by atoms with Gasteiger partial charge in [0.05, 0.1) is 4.88 Å². The van der Waals surface area contributed by atoms with E-state index >= 15 is 0 Å². The Kier molecular flexibility index (Phi) is 3.86. The number of fused-ring (bicyclic) bond motifs is 1. The lowest BCUT2D eigenvalue weighted by Gasteiger charge is -2.07. The number of anilines is 1. The molecule has 25 heavy (non-hydrogen) atoms. The number of carbonyl (C=O) groups is 1. The molecule has 4 rings (SSSR count). The highest BCUT2D eigenvalue weighted by Crippen LogP contribution is 2.30. The van der Waals surface area contributed by atoms with Gasteiger partial charge in [-0.2, -0.15) is 0 Å². The summed E-state index contributed by atoms with van der Waals surface area (Å²) in [6, 6.07) is 15.9. The number of imidazole rings is 1. The number of pyridine rings is 1. The average molecular weight is 347 g/mol. The molecule has 1 aromatic carbocycles. The van der Waals surface area contributed by atoms with Gasteiger partial charge in [-0.05, 0) is 43.0 Å². The van der Waals surface area contributed by atoms with Crippen LogP contribution in [0.5, 0.6) is 0 Å². The van der Waals surface area contributed by atoms with E-state index < -0.39 is 0 Å². The topological polar surface area (TPSA) is 46.4 Å². The smallest absolute Gasteiger partial charge is 0.266 e. The van der Waals surface area contributed by atoms with Crippen LogP contribution in [0.15, 0.2) is 60.1 Å². The summed E-state index contributed by atoms with van der Waals surface area (Å²) in [5.41, 5.74) is 4.89. The second kappa shape index (κ2) is 6.18. The number of carbonyl (C=O) groups excluding carboxylic acids is 1. The highest BCUT2D eigenvalue weighted by Gasteiger charge is 2.17. The van der Waals surface area contributed by atoms with E-state index in [9.17, 15) is 4.79 Å². The Morgan fingerprint density at radius 1 is 1.08 bits per heavy atom. The van der Waals surface area contributed by atoms with Crippen LogP contribution in [0, 0.1) is 13.8 Å². The minimum Gasteiger partial charge on any atom is -0.305 e. The van der Waals surface area contributed by atoms with Gasteiger partial charge in [-0.25, -0.2) is 4.98 Å². The Morgan fingerprint density at radius 2 is 1.88 bits per heavy atom. The van der Waals surface area contributed by atoms with Gasteiger partial charge in [-0.15, -0.1) is 11.3 Å². The minimum atomic E-state index is -0.120. The summed E-state index contributed by atoms with van der Waals surface area (Å²) in [5, 5.41) is 4.94. The fraction of sp³-hybridized carbons (Fsp3) is 0.100. The van der Waals surface area contributed by atoms with Gasteiger partial charge in [0.2, 0.25) is 0 Å². The predicted octanol–water partition coefficient (Wildman–Crippen LogP) is 4.93. The number of hydrogen-bond acceptors (Lipinski definition) is 3. The number of nitrogens with one attached hydrogen (secondary N) is 1. The van der Waals surface area contributed by atoms with Crippen LogP contribution in [0.3, 0.4) is 0 Å². The van der Waals surface area contributed by atoms with Crippen LogP contribution in [-0.4, -0.2) is 15.3 Å². The summed E-state index contributed by atoms with van der Waals surface area (Å²) in [4.78, 5) is 18.0. The molecule has 4 nitrogen and oxygen atoms in total. The van der Waals surface area contributed by atoms with Crippen LogP contribution in [-0.2, 0) is 0 Å². The number of benzene rings is 1. The highest BCUT2D eigenvalue weighted by molar-refractivity contribution is 7.12. The summed E-state index contributed by atoms with van der Waals surface area (Å²) in [5.74, 6) is 0.572. The van der Waals surface area contributed by atoms with Gasteiger partial charge in [0.15, 0.2) is 0 Å². The predicted molar refractivity (Wildman–Crippen MR) is 102 cm³/mol. The minimum absolute atomic E-state index is 0.120. The number of nitrogens with zero attached hydrogens (tertiary/aromatic N) is 2. The van der Waals surface area contributed by atoms with Crippen LogP contribution in [0.25, 0.3) is 16.9 Å². The van der Waals surface area contributed by atoms with Crippen molar-refractivity contribution in [2.75, 3.05) is 5.32 Å². The van der Waals surface area contributed by atoms with Gasteiger partial charge in [0.1, 0.15) is 17.2 Å². The first-order valence-electron chi connectivity index (χ1n) is 8.02. The molecule has 124 valence electrons. The first-order chi connectivity index (χ1) is 12.1. The largest absolute Gasteiger partial charge is 0.305 e. The molecular weight excluding hydrogens is 330 g/mol. The van der Waals surface area contributed by atoms with E-state index in [1.54, 1.807) is 0 Å². The van der Waals surface area contributed by atoms with Crippen molar-refractivity contribution in [3.05, 3.63) is 76.1 Å². The molecule has 3 heterocycles. The van der Waals surface area contributed by atoms with Crippen molar-refractivity contribution in [1.29, 1.82) is 0 Å². The molecule has 0 saturated heterocycles. The summed E-state index contributed by atoms with van der Waals surface area (Å²) >= 11 is 1.42. The molecule has 0 aliphatic carbocycles. The SMILES string of the molecule is Cc1ccc(-c2nc3cc(C)ccn3c2NC(=O)c2cccs2)cc1. The summed E-state index contributed by atoms with van der Waals surface area (Å²) < 4.78 is 1.92. The van der Waals surface area contributed by atoms with Crippen molar-refractivity contribution in [2.45, 2.75) is 13.8 Å². The number of thiophene rings is 1. The fourth-order valence-corrected chi connectivity index (χ4v) is 3.37. The van der Waals surface area contributed by atoms with Gasteiger partial charge in [0, 0.05) is 11.8 Å². The molecule has 1 N–H and O–H groups in total. The number of rotatable bonds is 3. The van der Waals surface area contributed by atoms with Crippen LogP contribution in [0.2, 0.25) is 0 Å². The molecular formula is C20H17N3OS. The van der Waals surface area contributed by atoms with Crippen LogP contribution in [0.1, 0.15) is 20.8 Å². The number of amides is 1. The third-order valence-electron chi connectivity index (χ3n) is 4.08. The molecule has 0 aliphatic rings. The second-order valence-corrected chi connectivity index (χ2v) is 6.99. The van der Waals surface area contributed by atoms with Crippen molar-refractivity contribution in [2.24, 2.45) is 0 Å². The first-order valence-corrected chi connectivity index (χ1v) is 8.90. The van der Waals surface area contributed by atoms with Crippen molar-refractivity contribution in [3.8, 4) is 11.3 Å². The van der Waals surface area contributed by atoms with Crippen LogP contribution >= 0.6 is 11.3 Å². The molecule has 4 aromatic rings. The lowest BCUT2D eigenvalue weighted by molar-refractivity contribution is 0.103. The Bertz CT molecular complexity index is 1050. The molecule has 0 bridgehead atoms. The van der Waals surface area contributed by atoms with Crippen molar-refractivity contribution in [3.63, 3.8) is 0 Å². The monoisotopic (exact) mass is 347 g/mol. The van der Waals surface area contributed by atoms with E-state index in [4.69, 9.17) is 4.98 Å². The standard InChI is InChI=1S/C20H17N3OS/c1-13-5-7-15(8-6-13)18-19(22-20(24)16-4-3-11-25-16)23-10-9-14(2)12-17(23)21-18/h3-12H,1-2H3,(H,22,24). The summed E-state index contributed by atoms with van der Waals surface area (Å²) in [6.07, 6.45) is 1.94. The van der Waals surface area contributed by atoms with Crippen LogP contribution < -0.4 is 5.32 Å². The van der Waals surface area contributed by atoms with Gasteiger partial charge in [-0.3, -0.25) is 9.20 Å². The van der Waals surface area contributed by atoms with E-state index in [0.29, 0.717) is 10.7 Å². The maximum atomic E-state index is 12.6. The van der Waals surface area contributed by atoms with Crippen molar-refractivity contribution < 1.29 is 4.79 Å². The van der Waals surface area contributed by atoms with E-state index in [0.717, 1.165) is 22.5 Å². The van der Waals surface area contributed by atoms with E-state index in [2.05, 4.69) is 24.4 Å². The molecule has 0 unspecified atom stereocenters. The van der Waals surface area contributed by atoms with Crippen molar-refractivity contribution >= 4 is 28.7 Å². The van der Waals surface area contributed by atoms with Gasteiger partial charge in [-0.1, -0.05) is 35.9 Å². The summed E-state index contributed by atoms with van der Waals surface area (Å²) in [6.45, 7) is 4.08. The highest BCUT2D eigenvalue weighted by atomic mass is 32.1. The van der Waals surface area contributed by atoms with E-state index in [1.807, 2.05) is 59.3 Å². The summed E-state index contributed by atoms with van der Waals surface area (Å²) in [7, 11) is 0. The van der Waals surface area contributed by atoms with Gasteiger partial charge >= 0.3 is 0 Å². The lowest BCUT2D eigenvalue weighted by Crippen LogP contribution is -2.12. The number of hydrogen-bond donors (Lipinski definition) is 1. The molecule has 5 heteroatoms. The average Bonchev–Trinajstić information content (AvgIpc) is 3.24. The zero-order valence-corrected chi connectivity index (χ0v) is 14.8. The van der Waals surface area contributed by atoms with Gasteiger partial charge < -0.3 is 5.32 Å². The maximum absolute atomic E-state index is 12.6. The zero-order valence-electron chi connectivity index (χ0n) is 14.0. The molecule has 1 amide bonds. The fourth-order valence-electron chi connectivity index (χ4n) is 2.76. The van der Waals surface area contributed by atoms with E-state index in [-0.39, 0.29) is 5.91 Å². The Balaban J connectivity index is 1.86. The third kappa shape index (κ3) is 2.94. The molecule has 0 saturated carbocycles. The zero-order chi connectivity index (χ0) is 17.4. The second-order valence-electron chi connectivity index (χ2n) is 6.04. The molecule has 0 fully saturated rings. The maximum Gasteiger partial charge on any atom is 0.266 e. The number of aromatic nitrogens is 2. The van der Waals surface area contributed by atoms with Gasteiger partial charge in [0.25, 0.3) is 5.91 Å².